The summed E-state index contributed by atoms with van der Waals surface area (Å²) in [6.07, 6.45) is 0.843. The number of carbonyl (C=O) groups excluding carboxylic acids is 2. The zero-order valence-corrected chi connectivity index (χ0v) is 12.6. The fraction of sp³-hybridized carbons (Fsp3) is 0.500. The highest BCUT2D eigenvalue weighted by molar-refractivity contribution is 6.03. The second-order valence-electron chi connectivity index (χ2n) is 4.92. The predicted molar refractivity (Wildman–Crippen MR) is 76.9 cm³/mol. The van der Waals surface area contributed by atoms with Gasteiger partial charge in [0.2, 0.25) is 0 Å². The van der Waals surface area contributed by atoms with Crippen molar-refractivity contribution < 1.29 is 19.1 Å². The average molecular weight is 278 g/mol. The molecule has 0 aliphatic carbocycles. The summed E-state index contributed by atoms with van der Waals surface area (Å²) in [6, 6.07) is 5.22. The second-order valence-corrected chi connectivity index (χ2v) is 4.92. The molecule has 0 aliphatic rings. The molecule has 0 unspecified atom stereocenters. The van der Waals surface area contributed by atoms with E-state index in [1.165, 1.54) is 0 Å². The zero-order valence-electron chi connectivity index (χ0n) is 12.6. The summed E-state index contributed by atoms with van der Waals surface area (Å²) in [5.74, 6) is -0.508. The average Bonchev–Trinajstić information content (AvgIpc) is 2.38. The van der Waals surface area contributed by atoms with E-state index in [9.17, 15) is 9.59 Å². The minimum Gasteiger partial charge on any atom is -0.462 e. The summed E-state index contributed by atoms with van der Waals surface area (Å²) in [7, 11) is 0. The van der Waals surface area contributed by atoms with Crippen molar-refractivity contribution in [1.82, 2.24) is 0 Å². The van der Waals surface area contributed by atoms with Crippen molar-refractivity contribution in [2.75, 3.05) is 13.2 Å². The molecule has 0 saturated carbocycles. The van der Waals surface area contributed by atoms with Crippen molar-refractivity contribution in [2.45, 2.75) is 34.1 Å². The van der Waals surface area contributed by atoms with Crippen molar-refractivity contribution in [3.8, 4) is 0 Å². The molecule has 0 N–H and O–H groups in total. The van der Waals surface area contributed by atoms with E-state index in [4.69, 9.17) is 9.47 Å². The first-order valence-electron chi connectivity index (χ1n) is 6.96. The number of carbonyl (C=O) groups is 2. The van der Waals surface area contributed by atoms with E-state index in [1.807, 2.05) is 6.07 Å². The van der Waals surface area contributed by atoms with Gasteiger partial charge < -0.3 is 9.47 Å². The van der Waals surface area contributed by atoms with Gasteiger partial charge in [0.1, 0.15) is 0 Å². The summed E-state index contributed by atoms with van der Waals surface area (Å²) in [4.78, 5) is 23.9. The molecule has 0 radical (unpaired) electrons. The monoisotopic (exact) mass is 278 g/mol. The summed E-state index contributed by atoms with van der Waals surface area (Å²) in [5, 5.41) is 0. The van der Waals surface area contributed by atoms with Crippen LogP contribution >= 0.6 is 0 Å². The molecule has 1 aromatic rings. The third-order valence-corrected chi connectivity index (χ3v) is 2.72. The Bertz CT molecular complexity index is 477. The topological polar surface area (TPSA) is 52.6 Å². The maximum Gasteiger partial charge on any atom is 0.339 e. The number of ether oxygens (including phenoxy) is 2. The molecule has 0 fully saturated rings. The molecule has 0 aliphatic heterocycles. The van der Waals surface area contributed by atoms with Crippen LogP contribution in [0.5, 0.6) is 0 Å². The van der Waals surface area contributed by atoms with Crippen LogP contribution in [0.4, 0.5) is 0 Å². The molecule has 0 aromatic heterocycles. The fourth-order valence-corrected chi connectivity index (χ4v) is 1.95. The molecule has 0 heterocycles. The molecule has 0 saturated heterocycles. The summed E-state index contributed by atoms with van der Waals surface area (Å²) < 4.78 is 9.98. The van der Waals surface area contributed by atoms with Gasteiger partial charge in [-0.25, -0.2) is 9.59 Å². The Kier molecular flexibility index (Phi) is 6.22. The fourth-order valence-electron chi connectivity index (χ4n) is 1.95. The highest BCUT2D eigenvalue weighted by atomic mass is 16.5. The number of hydrogen-bond donors (Lipinski definition) is 0. The number of esters is 2. The Morgan fingerprint density at radius 1 is 1.00 bits per heavy atom. The molecule has 1 aromatic carbocycles. The molecule has 0 atom stereocenters. The standard InChI is InChI=1S/C16H22O4/c1-5-19-15(17)13-8-7-12(9-11(3)4)10-14(13)16(18)20-6-2/h7-8,10-11H,5-6,9H2,1-4H3. The molecule has 0 spiro atoms. The van der Waals surface area contributed by atoms with Gasteiger partial charge in [0.15, 0.2) is 0 Å². The summed E-state index contributed by atoms with van der Waals surface area (Å²) >= 11 is 0. The third-order valence-electron chi connectivity index (χ3n) is 2.72. The number of rotatable bonds is 6. The van der Waals surface area contributed by atoms with Gasteiger partial charge in [-0.2, -0.15) is 0 Å². The molecule has 20 heavy (non-hydrogen) atoms. The third kappa shape index (κ3) is 4.37. The quantitative estimate of drug-likeness (QED) is 0.750. The van der Waals surface area contributed by atoms with Crippen molar-refractivity contribution in [3.63, 3.8) is 0 Å². The van der Waals surface area contributed by atoms with E-state index in [0.29, 0.717) is 5.92 Å². The van der Waals surface area contributed by atoms with Crippen LogP contribution in [0.3, 0.4) is 0 Å². The maximum absolute atomic E-state index is 12.0. The van der Waals surface area contributed by atoms with E-state index in [0.717, 1.165) is 12.0 Å². The summed E-state index contributed by atoms with van der Waals surface area (Å²) in [6.45, 7) is 8.21. The first-order chi connectivity index (χ1) is 9.49. The van der Waals surface area contributed by atoms with E-state index in [1.54, 1.807) is 26.0 Å². The molecular formula is C16H22O4. The van der Waals surface area contributed by atoms with Gasteiger partial charge in [-0.3, -0.25) is 0 Å². The van der Waals surface area contributed by atoms with E-state index < -0.39 is 11.9 Å². The number of hydrogen-bond acceptors (Lipinski definition) is 4. The van der Waals surface area contributed by atoms with Gasteiger partial charge >= 0.3 is 11.9 Å². The van der Waals surface area contributed by atoms with Gasteiger partial charge in [-0.05, 0) is 43.9 Å². The minimum absolute atomic E-state index is 0.262. The molecule has 4 heteroatoms. The van der Waals surface area contributed by atoms with Crippen molar-refractivity contribution in [2.24, 2.45) is 5.92 Å². The molecule has 1 rings (SSSR count). The van der Waals surface area contributed by atoms with Crippen LogP contribution in [0.15, 0.2) is 18.2 Å². The van der Waals surface area contributed by atoms with Gasteiger partial charge in [0.25, 0.3) is 0 Å². The minimum atomic E-state index is -0.494. The Morgan fingerprint density at radius 2 is 1.55 bits per heavy atom. The lowest BCUT2D eigenvalue weighted by atomic mass is 9.98. The normalized spacial score (nSPS) is 10.4. The van der Waals surface area contributed by atoms with E-state index in [2.05, 4.69) is 13.8 Å². The lowest BCUT2D eigenvalue weighted by Crippen LogP contribution is -2.15. The maximum atomic E-state index is 12.0. The van der Waals surface area contributed by atoms with E-state index >= 15 is 0 Å². The van der Waals surface area contributed by atoms with Crippen molar-refractivity contribution in [3.05, 3.63) is 34.9 Å². The Labute approximate surface area is 120 Å². The zero-order chi connectivity index (χ0) is 15.1. The lowest BCUT2D eigenvalue weighted by Gasteiger charge is -2.11. The lowest BCUT2D eigenvalue weighted by molar-refractivity contribution is 0.0479. The van der Waals surface area contributed by atoms with Crippen molar-refractivity contribution in [1.29, 1.82) is 0 Å². The van der Waals surface area contributed by atoms with Crippen LogP contribution in [0.1, 0.15) is 54.0 Å². The van der Waals surface area contributed by atoms with Crippen LogP contribution in [0, 0.1) is 5.92 Å². The van der Waals surface area contributed by atoms with Crippen LogP contribution < -0.4 is 0 Å². The molecular weight excluding hydrogens is 256 g/mol. The van der Waals surface area contributed by atoms with Gasteiger partial charge in [-0.15, -0.1) is 0 Å². The first-order valence-corrected chi connectivity index (χ1v) is 6.96. The van der Waals surface area contributed by atoms with Gasteiger partial charge in [-0.1, -0.05) is 19.9 Å². The van der Waals surface area contributed by atoms with Gasteiger partial charge in [0, 0.05) is 0 Å². The van der Waals surface area contributed by atoms with Crippen LogP contribution in [-0.4, -0.2) is 25.2 Å². The number of benzene rings is 1. The Morgan fingerprint density at radius 3 is 2.05 bits per heavy atom. The smallest absolute Gasteiger partial charge is 0.339 e. The van der Waals surface area contributed by atoms with Gasteiger partial charge in [0.05, 0.1) is 24.3 Å². The van der Waals surface area contributed by atoms with Crippen molar-refractivity contribution >= 4 is 11.9 Å². The highest BCUT2D eigenvalue weighted by Crippen LogP contribution is 2.17. The SMILES string of the molecule is CCOC(=O)c1ccc(CC(C)C)cc1C(=O)OCC. The second kappa shape index (κ2) is 7.68. The summed E-state index contributed by atoms with van der Waals surface area (Å²) in [5.41, 5.74) is 1.55. The molecule has 0 bridgehead atoms. The Balaban J connectivity index is 3.15. The van der Waals surface area contributed by atoms with Crippen LogP contribution in [0.2, 0.25) is 0 Å². The largest absolute Gasteiger partial charge is 0.462 e. The highest BCUT2D eigenvalue weighted by Gasteiger charge is 2.19. The first kappa shape index (κ1) is 16.2. The molecule has 4 nitrogen and oxygen atoms in total. The van der Waals surface area contributed by atoms with E-state index in [-0.39, 0.29) is 24.3 Å². The molecule has 0 amide bonds. The van der Waals surface area contributed by atoms with Crippen LogP contribution in [0.25, 0.3) is 0 Å². The predicted octanol–water partition coefficient (Wildman–Crippen LogP) is 3.24. The van der Waals surface area contributed by atoms with Crippen LogP contribution in [-0.2, 0) is 15.9 Å². The Hall–Kier alpha value is -1.84. The molecule has 110 valence electrons.